The number of likely N-dealkylation sites (tertiary alicyclic amines) is 1. The third-order valence-corrected chi connectivity index (χ3v) is 7.63. The van der Waals surface area contributed by atoms with Crippen molar-refractivity contribution in [2.24, 2.45) is 5.16 Å². The molecule has 198 valence electrons. The lowest BCUT2D eigenvalue weighted by Gasteiger charge is -2.49. The normalized spacial score (nSPS) is 22.2. The first-order chi connectivity index (χ1) is 18.1. The number of carboxylic acid groups (broad SMARTS) is 2. The molecule has 1 aromatic rings. The summed E-state index contributed by atoms with van der Waals surface area (Å²) < 4.78 is 0. The molecule has 0 aliphatic carbocycles. The van der Waals surface area contributed by atoms with E-state index in [1.54, 1.807) is 0 Å². The molecule has 0 aromatic carbocycles. The first-order valence-corrected chi connectivity index (χ1v) is 12.8. The molecule has 38 heavy (non-hydrogen) atoms. The van der Waals surface area contributed by atoms with Crippen LogP contribution in [-0.4, -0.2) is 97.2 Å². The van der Waals surface area contributed by atoms with Gasteiger partial charge in [-0.15, -0.1) is 29.5 Å². The zero-order chi connectivity index (χ0) is 27.6. The Bertz CT molecular complexity index is 1360. The Morgan fingerprint density at radius 3 is 2.76 bits per heavy atom. The van der Waals surface area contributed by atoms with Crippen LogP contribution in [0.2, 0.25) is 0 Å². The molecular formula is C22H20N6O8S2. The summed E-state index contributed by atoms with van der Waals surface area (Å²) in [5, 5.41) is 25.5. The number of amides is 3. The molecule has 14 nitrogen and oxygen atoms in total. The van der Waals surface area contributed by atoms with Crippen LogP contribution in [0.4, 0.5) is 5.13 Å². The van der Waals surface area contributed by atoms with Crippen molar-refractivity contribution in [1.82, 2.24) is 20.1 Å². The molecule has 2 saturated heterocycles. The van der Waals surface area contributed by atoms with E-state index in [0.717, 1.165) is 16.2 Å². The fourth-order valence-electron chi connectivity index (χ4n) is 3.99. The highest BCUT2D eigenvalue weighted by Crippen LogP contribution is 2.41. The number of carbonyl (C=O) groups excluding carboxylic acids is 3. The number of hydrogen-bond acceptors (Lipinski definition) is 11. The number of oxime groups is 1. The maximum Gasteiger partial charge on any atom is 0.352 e. The molecule has 2 fully saturated rings. The number of rotatable bonds is 9. The number of carbonyl (C=O) groups is 5. The Balaban J connectivity index is 1.54. The van der Waals surface area contributed by atoms with E-state index in [4.69, 9.17) is 17.3 Å². The highest BCUT2D eigenvalue weighted by molar-refractivity contribution is 8.00. The van der Waals surface area contributed by atoms with Crippen molar-refractivity contribution in [3.8, 4) is 12.3 Å². The van der Waals surface area contributed by atoms with Gasteiger partial charge in [-0.05, 0) is 18.1 Å². The molecule has 0 bridgehead atoms. The molecule has 4 heterocycles. The second-order valence-corrected chi connectivity index (χ2v) is 10.1. The summed E-state index contributed by atoms with van der Waals surface area (Å²) in [5.74, 6) is -1.96. The smallest absolute Gasteiger partial charge is 0.352 e. The van der Waals surface area contributed by atoms with E-state index in [9.17, 15) is 29.1 Å². The predicted molar refractivity (Wildman–Crippen MR) is 134 cm³/mol. The summed E-state index contributed by atoms with van der Waals surface area (Å²) in [4.78, 5) is 72.5. The van der Waals surface area contributed by atoms with Crippen LogP contribution in [-0.2, 0) is 28.8 Å². The SMILES string of the molecule is C#CCN1CCC(=CC2=C(C(=O)O)N3C(=O)[C@@H](NC(=O)C(=NOCC(=O)O)c4csc(N)n4)[C@H]3SC2)C1=O. The number of β-lactam (4-membered cyclic amide) rings is 1. The standard InChI is InChI=1S/C22H20N6O8S2/c1-2-4-27-5-3-10(18(27)32)6-11-8-37-20-15(19(33)28(20)16(11)21(34)35)25-17(31)14(26-36-7-13(29)30)12-9-38-22(23)24-12/h1,6,9,15,20H,3-5,7-8H2,(H2,23,24)(H,25,31)(H,29,30)(H,34,35)/t15-,20-/m1/s1. The minimum absolute atomic E-state index is 0.00968. The molecule has 0 saturated carbocycles. The van der Waals surface area contributed by atoms with Crippen LogP contribution >= 0.6 is 23.1 Å². The Kier molecular flexibility index (Phi) is 7.69. The van der Waals surface area contributed by atoms with Crippen LogP contribution in [0.15, 0.2) is 33.5 Å². The van der Waals surface area contributed by atoms with Crippen molar-refractivity contribution in [2.75, 3.05) is 31.2 Å². The number of aromatic nitrogens is 1. The Morgan fingerprint density at radius 1 is 1.37 bits per heavy atom. The second kappa shape index (κ2) is 10.9. The Morgan fingerprint density at radius 2 is 2.13 bits per heavy atom. The van der Waals surface area contributed by atoms with E-state index >= 15 is 0 Å². The van der Waals surface area contributed by atoms with Crippen molar-refractivity contribution in [2.45, 2.75) is 17.8 Å². The van der Waals surface area contributed by atoms with Gasteiger partial charge in [0, 0.05) is 23.3 Å². The van der Waals surface area contributed by atoms with Crippen molar-refractivity contribution >= 4 is 63.6 Å². The molecule has 16 heteroatoms. The van der Waals surface area contributed by atoms with E-state index in [0.29, 0.717) is 24.1 Å². The van der Waals surface area contributed by atoms with Crippen molar-refractivity contribution < 1.29 is 39.0 Å². The molecule has 2 atom stereocenters. The van der Waals surface area contributed by atoms with Crippen LogP contribution < -0.4 is 11.1 Å². The van der Waals surface area contributed by atoms with Gasteiger partial charge in [0.25, 0.3) is 17.7 Å². The first kappa shape index (κ1) is 26.7. The largest absolute Gasteiger partial charge is 0.479 e. The van der Waals surface area contributed by atoms with Gasteiger partial charge in [-0.2, -0.15) is 0 Å². The maximum atomic E-state index is 13.0. The molecule has 5 N–H and O–H groups in total. The van der Waals surface area contributed by atoms with E-state index < -0.39 is 47.5 Å². The van der Waals surface area contributed by atoms with Crippen molar-refractivity contribution in [3.05, 3.63) is 34.0 Å². The minimum Gasteiger partial charge on any atom is -0.479 e. The number of allylic oxidation sites excluding steroid dienone is 1. The molecule has 3 amide bonds. The molecule has 0 spiro atoms. The second-order valence-electron chi connectivity index (χ2n) is 8.07. The van der Waals surface area contributed by atoms with E-state index in [1.807, 2.05) is 0 Å². The van der Waals surface area contributed by atoms with Gasteiger partial charge in [0.1, 0.15) is 22.8 Å². The van der Waals surface area contributed by atoms with Crippen LogP contribution in [0, 0.1) is 12.3 Å². The van der Waals surface area contributed by atoms with Gasteiger partial charge in [-0.1, -0.05) is 11.1 Å². The van der Waals surface area contributed by atoms with Gasteiger partial charge >= 0.3 is 11.9 Å². The minimum atomic E-state index is -1.35. The molecule has 4 rings (SSSR count). The lowest BCUT2D eigenvalue weighted by atomic mass is 10.0. The summed E-state index contributed by atoms with van der Waals surface area (Å²) in [6.45, 7) is -0.259. The van der Waals surface area contributed by atoms with Gasteiger partial charge in [0.2, 0.25) is 6.61 Å². The number of nitrogens with one attached hydrogen (secondary N) is 1. The topological polar surface area (TPSA) is 205 Å². The number of nitrogens with zero attached hydrogens (tertiary/aromatic N) is 4. The van der Waals surface area contributed by atoms with Crippen LogP contribution in [0.25, 0.3) is 0 Å². The van der Waals surface area contributed by atoms with Crippen LogP contribution in [0.5, 0.6) is 0 Å². The third kappa shape index (κ3) is 5.19. The monoisotopic (exact) mass is 560 g/mol. The summed E-state index contributed by atoms with van der Waals surface area (Å²) in [7, 11) is 0. The molecular weight excluding hydrogens is 540 g/mol. The number of thiazole rings is 1. The van der Waals surface area contributed by atoms with E-state index in [2.05, 4.69) is 26.2 Å². The average molecular weight is 561 g/mol. The van der Waals surface area contributed by atoms with Crippen LogP contribution in [0.1, 0.15) is 12.1 Å². The third-order valence-electron chi connectivity index (χ3n) is 5.65. The summed E-state index contributed by atoms with van der Waals surface area (Å²) in [5.41, 5.74) is 5.64. The van der Waals surface area contributed by atoms with Gasteiger partial charge in [0.15, 0.2) is 10.8 Å². The number of terminal acetylenes is 1. The lowest BCUT2D eigenvalue weighted by molar-refractivity contribution is -0.150. The molecule has 1 aromatic heterocycles. The highest BCUT2D eigenvalue weighted by atomic mass is 32.2. The summed E-state index contributed by atoms with van der Waals surface area (Å²) in [6.07, 6.45) is 7.16. The lowest BCUT2D eigenvalue weighted by Crippen LogP contribution is -2.71. The number of carboxylic acids is 2. The molecule has 0 unspecified atom stereocenters. The van der Waals surface area contributed by atoms with E-state index in [1.165, 1.54) is 28.1 Å². The number of nitrogens with two attached hydrogens (primary N) is 1. The van der Waals surface area contributed by atoms with Crippen molar-refractivity contribution in [1.29, 1.82) is 0 Å². The highest BCUT2D eigenvalue weighted by Gasteiger charge is 2.54. The number of anilines is 1. The number of aliphatic carboxylic acids is 2. The number of hydrogen-bond donors (Lipinski definition) is 4. The molecule has 0 radical (unpaired) electrons. The number of nitrogen functional groups attached to an aromatic ring is 1. The first-order valence-electron chi connectivity index (χ1n) is 10.9. The Hall–Kier alpha value is -4.36. The average Bonchev–Trinajstić information content (AvgIpc) is 3.45. The number of thioether (sulfide) groups is 1. The predicted octanol–water partition coefficient (Wildman–Crippen LogP) is -0.939. The van der Waals surface area contributed by atoms with Gasteiger partial charge < -0.3 is 31.0 Å². The van der Waals surface area contributed by atoms with Gasteiger partial charge in [0.05, 0.1) is 6.54 Å². The van der Waals surface area contributed by atoms with Gasteiger partial charge in [-0.25, -0.2) is 14.6 Å². The molecule has 3 aliphatic heterocycles. The van der Waals surface area contributed by atoms with Gasteiger partial charge in [-0.3, -0.25) is 19.3 Å². The maximum absolute atomic E-state index is 13.0. The Labute approximate surface area is 223 Å². The number of fused-ring (bicyclic) bond motifs is 1. The summed E-state index contributed by atoms with van der Waals surface area (Å²) in [6, 6.07) is -1.10. The molecule has 3 aliphatic rings. The van der Waals surface area contributed by atoms with E-state index in [-0.39, 0.29) is 34.7 Å². The quantitative estimate of drug-likeness (QED) is 0.0953. The van der Waals surface area contributed by atoms with Crippen molar-refractivity contribution in [3.63, 3.8) is 0 Å². The summed E-state index contributed by atoms with van der Waals surface area (Å²) >= 11 is 2.22. The fraction of sp³-hybridized carbons (Fsp3) is 0.318. The zero-order valence-corrected chi connectivity index (χ0v) is 21.1. The fourth-order valence-corrected chi connectivity index (χ4v) is 5.84. The van der Waals surface area contributed by atoms with Crippen LogP contribution in [0.3, 0.4) is 0 Å². The zero-order valence-electron chi connectivity index (χ0n) is 19.4.